The van der Waals surface area contributed by atoms with Gasteiger partial charge >= 0.3 is 0 Å². The normalized spacial score (nSPS) is 12.6. The predicted octanol–water partition coefficient (Wildman–Crippen LogP) is 3.14. The second-order valence-corrected chi connectivity index (χ2v) is 4.22. The summed E-state index contributed by atoms with van der Waals surface area (Å²) >= 11 is 0. The largest absolute Gasteiger partial charge is 0.493 e. The molecule has 1 aromatic rings. The van der Waals surface area contributed by atoms with E-state index < -0.39 is 0 Å². The maximum Gasteiger partial charge on any atom is 0.161 e. The Labute approximate surface area is 104 Å². The second-order valence-electron chi connectivity index (χ2n) is 4.22. The maximum atomic E-state index is 6.28. The average Bonchev–Trinajstić information content (AvgIpc) is 2.39. The third kappa shape index (κ3) is 3.13. The smallest absolute Gasteiger partial charge is 0.161 e. The summed E-state index contributed by atoms with van der Waals surface area (Å²) < 4.78 is 10.5. The van der Waals surface area contributed by atoms with Crippen LogP contribution in [0.15, 0.2) is 18.2 Å². The van der Waals surface area contributed by atoms with Gasteiger partial charge in [0.2, 0.25) is 0 Å². The number of hydrogen-bond acceptors (Lipinski definition) is 3. The van der Waals surface area contributed by atoms with Crippen LogP contribution in [-0.2, 0) is 0 Å². The van der Waals surface area contributed by atoms with Gasteiger partial charge < -0.3 is 15.2 Å². The molecule has 1 rings (SSSR count). The minimum Gasteiger partial charge on any atom is -0.493 e. The summed E-state index contributed by atoms with van der Waals surface area (Å²) in [7, 11) is 3.28. The molecular formula is C14H23NO2. The summed E-state index contributed by atoms with van der Waals surface area (Å²) in [4.78, 5) is 0. The third-order valence-corrected chi connectivity index (χ3v) is 3.35. The summed E-state index contributed by atoms with van der Waals surface area (Å²) in [6.45, 7) is 4.35. The van der Waals surface area contributed by atoms with E-state index in [0.29, 0.717) is 5.92 Å². The third-order valence-electron chi connectivity index (χ3n) is 3.35. The van der Waals surface area contributed by atoms with Crippen LogP contribution in [0.2, 0.25) is 0 Å². The summed E-state index contributed by atoms with van der Waals surface area (Å²) in [5.41, 5.74) is 7.39. The lowest BCUT2D eigenvalue weighted by molar-refractivity contribution is 0.352. The zero-order valence-corrected chi connectivity index (χ0v) is 11.2. The van der Waals surface area contributed by atoms with Gasteiger partial charge in [0.15, 0.2) is 11.5 Å². The van der Waals surface area contributed by atoms with Gasteiger partial charge in [-0.3, -0.25) is 0 Å². The van der Waals surface area contributed by atoms with Crippen LogP contribution in [0.1, 0.15) is 38.3 Å². The van der Waals surface area contributed by atoms with Crippen molar-refractivity contribution in [3.8, 4) is 11.5 Å². The summed E-state index contributed by atoms with van der Waals surface area (Å²) in [6.07, 6.45) is 2.18. The van der Waals surface area contributed by atoms with E-state index in [2.05, 4.69) is 13.8 Å². The van der Waals surface area contributed by atoms with Crippen molar-refractivity contribution < 1.29 is 9.47 Å². The van der Waals surface area contributed by atoms with E-state index in [-0.39, 0.29) is 6.04 Å². The van der Waals surface area contributed by atoms with Crippen LogP contribution in [0.3, 0.4) is 0 Å². The lowest BCUT2D eigenvalue weighted by Crippen LogP contribution is -2.20. The quantitative estimate of drug-likeness (QED) is 0.826. The van der Waals surface area contributed by atoms with E-state index in [9.17, 15) is 0 Å². The second kappa shape index (κ2) is 6.50. The fourth-order valence-corrected chi connectivity index (χ4v) is 2.13. The Bertz CT molecular complexity index is 348. The van der Waals surface area contributed by atoms with E-state index in [1.165, 1.54) is 0 Å². The van der Waals surface area contributed by atoms with Crippen molar-refractivity contribution in [2.75, 3.05) is 14.2 Å². The molecule has 0 bridgehead atoms. The molecule has 96 valence electrons. The van der Waals surface area contributed by atoms with Crippen LogP contribution in [0.25, 0.3) is 0 Å². The number of benzene rings is 1. The molecule has 0 fully saturated rings. The molecule has 3 heteroatoms. The molecule has 17 heavy (non-hydrogen) atoms. The minimum atomic E-state index is 0.0600. The summed E-state index contributed by atoms with van der Waals surface area (Å²) in [6, 6.07) is 5.97. The van der Waals surface area contributed by atoms with E-state index in [0.717, 1.165) is 29.9 Å². The van der Waals surface area contributed by atoms with Gasteiger partial charge in [0, 0.05) is 6.04 Å². The van der Waals surface area contributed by atoms with Gasteiger partial charge in [-0.1, -0.05) is 32.8 Å². The topological polar surface area (TPSA) is 44.5 Å². The fourth-order valence-electron chi connectivity index (χ4n) is 2.13. The molecule has 1 unspecified atom stereocenters. The monoisotopic (exact) mass is 237 g/mol. The number of nitrogens with two attached hydrogens (primary N) is 1. The van der Waals surface area contributed by atoms with Gasteiger partial charge in [0.1, 0.15) is 0 Å². The molecule has 0 saturated heterocycles. The zero-order valence-electron chi connectivity index (χ0n) is 11.2. The molecule has 0 spiro atoms. The van der Waals surface area contributed by atoms with E-state index >= 15 is 0 Å². The SMILES string of the molecule is CCC(CC)C(N)c1ccc(OC)c(OC)c1. The standard InChI is InChI=1S/C14H23NO2/c1-5-10(6-2)14(15)11-7-8-12(16-3)13(9-11)17-4/h7-10,14H,5-6,15H2,1-4H3. The van der Waals surface area contributed by atoms with Gasteiger partial charge in [-0.2, -0.15) is 0 Å². The van der Waals surface area contributed by atoms with Gasteiger partial charge in [-0.05, 0) is 23.6 Å². The highest BCUT2D eigenvalue weighted by molar-refractivity contribution is 5.43. The van der Waals surface area contributed by atoms with Crippen molar-refractivity contribution in [3.63, 3.8) is 0 Å². The van der Waals surface area contributed by atoms with Gasteiger partial charge in [0.05, 0.1) is 14.2 Å². The molecule has 0 aliphatic heterocycles. The van der Waals surface area contributed by atoms with Crippen molar-refractivity contribution >= 4 is 0 Å². The molecule has 1 atom stereocenters. The molecule has 0 aromatic heterocycles. The van der Waals surface area contributed by atoms with Crippen LogP contribution in [0.4, 0.5) is 0 Å². The van der Waals surface area contributed by atoms with Crippen molar-refractivity contribution in [1.29, 1.82) is 0 Å². The van der Waals surface area contributed by atoms with Gasteiger partial charge in [0.25, 0.3) is 0 Å². The molecule has 1 aromatic carbocycles. The summed E-state index contributed by atoms with van der Waals surface area (Å²) in [5.74, 6) is 1.99. The van der Waals surface area contributed by atoms with Crippen molar-refractivity contribution in [3.05, 3.63) is 23.8 Å². The first-order chi connectivity index (χ1) is 8.17. The first-order valence-electron chi connectivity index (χ1n) is 6.15. The van der Waals surface area contributed by atoms with Crippen LogP contribution < -0.4 is 15.2 Å². The van der Waals surface area contributed by atoms with Gasteiger partial charge in [-0.25, -0.2) is 0 Å². The zero-order chi connectivity index (χ0) is 12.8. The first kappa shape index (κ1) is 13.8. The molecule has 0 aliphatic rings. The van der Waals surface area contributed by atoms with Gasteiger partial charge in [-0.15, -0.1) is 0 Å². The Hall–Kier alpha value is -1.22. The Balaban J connectivity index is 2.98. The molecule has 0 aliphatic carbocycles. The molecule has 0 amide bonds. The van der Waals surface area contributed by atoms with E-state index in [1.807, 2.05) is 18.2 Å². The Kier molecular flexibility index (Phi) is 5.29. The minimum absolute atomic E-state index is 0.0600. The first-order valence-corrected chi connectivity index (χ1v) is 6.15. The van der Waals surface area contributed by atoms with Crippen LogP contribution >= 0.6 is 0 Å². The highest BCUT2D eigenvalue weighted by Crippen LogP contribution is 2.32. The summed E-state index contributed by atoms with van der Waals surface area (Å²) in [5, 5.41) is 0. The molecule has 0 saturated carbocycles. The molecule has 0 radical (unpaired) electrons. The Morgan fingerprint density at radius 3 is 2.12 bits per heavy atom. The number of rotatable bonds is 6. The average molecular weight is 237 g/mol. The Morgan fingerprint density at radius 1 is 1.06 bits per heavy atom. The maximum absolute atomic E-state index is 6.28. The number of hydrogen-bond donors (Lipinski definition) is 1. The molecule has 2 N–H and O–H groups in total. The fraction of sp³-hybridized carbons (Fsp3) is 0.571. The van der Waals surface area contributed by atoms with Crippen LogP contribution in [0, 0.1) is 5.92 Å². The molecular weight excluding hydrogens is 214 g/mol. The van der Waals surface area contributed by atoms with E-state index in [1.54, 1.807) is 14.2 Å². The van der Waals surface area contributed by atoms with Crippen molar-refractivity contribution in [1.82, 2.24) is 0 Å². The highest BCUT2D eigenvalue weighted by atomic mass is 16.5. The Morgan fingerprint density at radius 2 is 1.65 bits per heavy atom. The van der Waals surface area contributed by atoms with Crippen LogP contribution in [0.5, 0.6) is 11.5 Å². The number of ether oxygens (including phenoxy) is 2. The molecule has 3 nitrogen and oxygen atoms in total. The highest BCUT2D eigenvalue weighted by Gasteiger charge is 2.17. The van der Waals surface area contributed by atoms with Crippen molar-refractivity contribution in [2.24, 2.45) is 11.7 Å². The lowest BCUT2D eigenvalue weighted by atomic mass is 9.89. The lowest BCUT2D eigenvalue weighted by Gasteiger charge is -2.22. The van der Waals surface area contributed by atoms with E-state index in [4.69, 9.17) is 15.2 Å². The molecule has 0 heterocycles. The van der Waals surface area contributed by atoms with Crippen LogP contribution in [-0.4, -0.2) is 14.2 Å². The number of methoxy groups -OCH3 is 2. The van der Waals surface area contributed by atoms with Crippen molar-refractivity contribution in [2.45, 2.75) is 32.7 Å². The predicted molar refractivity (Wildman–Crippen MR) is 70.5 cm³/mol.